The van der Waals surface area contributed by atoms with Crippen molar-refractivity contribution in [1.82, 2.24) is 21.3 Å². The number of methoxy groups -OCH3 is 4. The number of phenolic OH excluding ortho intramolecular Hbond substituents is 4. The molecule has 4 atom stereocenters. The van der Waals surface area contributed by atoms with Crippen molar-refractivity contribution >= 4 is 0 Å². The second-order valence-corrected chi connectivity index (χ2v) is 19.7. The van der Waals surface area contributed by atoms with Crippen LogP contribution in [0.3, 0.4) is 0 Å². The number of hydrogen-bond donors (Lipinski definition) is 8. The zero-order chi connectivity index (χ0) is 45.3. The summed E-state index contributed by atoms with van der Waals surface area (Å²) in [5.41, 5.74) is 9.75. The minimum atomic E-state index is 0.0503. The van der Waals surface area contributed by atoms with Gasteiger partial charge in [-0.25, -0.2) is 0 Å². The molecule has 4 aromatic carbocycles. The summed E-state index contributed by atoms with van der Waals surface area (Å²) in [6.45, 7) is 3.53. The molecule has 4 unspecified atom stereocenters. The van der Waals surface area contributed by atoms with Gasteiger partial charge in [0.1, 0.15) is 0 Å². The quantitative estimate of drug-likeness (QED) is 0.0541. The second kappa shape index (κ2) is 19.1. The molecule has 5 aliphatic rings. The molecule has 1 aliphatic carbocycles. The Labute approximate surface area is 384 Å². The molecule has 1 saturated carbocycles. The average molecular weight is 891 g/mol. The Kier molecular flexibility index (Phi) is 13.3. The van der Waals surface area contributed by atoms with Crippen LogP contribution in [0.15, 0.2) is 48.5 Å². The van der Waals surface area contributed by atoms with Crippen LogP contribution in [0.4, 0.5) is 0 Å². The third-order valence-electron chi connectivity index (χ3n) is 16.2. The maximum atomic E-state index is 10.9. The lowest BCUT2D eigenvalue weighted by Crippen LogP contribution is -2.34. The molecule has 4 aromatic rings. The molecular formula is C53H70N4O8. The van der Waals surface area contributed by atoms with Crippen molar-refractivity contribution in [2.45, 2.75) is 120 Å². The predicted molar refractivity (Wildman–Crippen MR) is 252 cm³/mol. The second-order valence-electron chi connectivity index (χ2n) is 19.7. The fourth-order valence-electron chi connectivity index (χ4n) is 12.7. The largest absolute Gasteiger partial charge is 0.504 e. The molecule has 9 rings (SSSR count). The van der Waals surface area contributed by atoms with Crippen molar-refractivity contribution in [2.24, 2.45) is 10.8 Å². The molecule has 12 heteroatoms. The van der Waals surface area contributed by atoms with Gasteiger partial charge in [-0.15, -0.1) is 0 Å². The molecule has 0 spiro atoms. The van der Waals surface area contributed by atoms with E-state index in [1.54, 1.807) is 28.4 Å². The lowest BCUT2D eigenvalue weighted by molar-refractivity contribution is 0.147. The lowest BCUT2D eigenvalue weighted by atomic mass is 9.68. The smallest absolute Gasteiger partial charge is 0.160 e. The third-order valence-corrected chi connectivity index (χ3v) is 16.2. The highest BCUT2D eigenvalue weighted by molar-refractivity contribution is 5.51. The maximum absolute atomic E-state index is 10.9. The summed E-state index contributed by atoms with van der Waals surface area (Å²) in [5, 5.41) is 59.1. The van der Waals surface area contributed by atoms with E-state index < -0.39 is 0 Å². The van der Waals surface area contributed by atoms with E-state index in [-0.39, 0.29) is 58.0 Å². The SMILES string of the molecule is COc1cc2c(cc1O)C(CCC1(CCC3NCCc4cc(OC)c(O)cc43)CCC(CCC3NCCc4cc(OC)c(O)cc43)(CCC3NCCc4cc(OC)c(O)cc43)C1)NCC2. The summed E-state index contributed by atoms with van der Waals surface area (Å²) in [6, 6.07) is 16.3. The Morgan fingerprint density at radius 3 is 0.892 bits per heavy atom. The van der Waals surface area contributed by atoms with Gasteiger partial charge in [0.15, 0.2) is 46.0 Å². The Morgan fingerprint density at radius 1 is 0.415 bits per heavy atom. The molecule has 4 heterocycles. The Morgan fingerprint density at radius 2 is 0.662 bits per heavy atom. The molecule has 4 aliphatic heterocycles. The van der Waals surface area contributed by atoms with E-state index in [4.69, 9.17) is 18.9 Å². The Balaban J connectivity index is 1.04. The zero-order valence-electron chi connectivity index (χ0n) is 38.8. The van der Waals surface area contributed by atoms with Gasteiger partial charge in [-0.3, -0.25) is 0 Å². The summed E-state index contributed by atoms with van der Waals surface area (Å²) < 4.78 is 22.1. The van der Waals surface area contributed by atoms with E-state index >= 15 is 0 Å². The summed E-state index contributed by atoms with van der Waals surface area (Å²) >= 11 is 0. The first-order chi connectivity index (χ1) is 31.5. The highest BCUT2D eigenvalue weighted by atomic mass is 16.5. The van der Waals surface area contributed by atoms with Crippen LogP contribution in [-0.4, -0.2) is 75.0 Å². The summed E-state index contributed by atoms with van der Waals surface area (Å²) in [7, 11) is 6.45. The van der Waals surface area contributed by atoms with Crippen LogP contribution < -0.4 is 40.2 Å². The predicted octanol–water partition coefficient (Wildman–Crippen LogP) is 8.67. The third kappa shape index (κ3) is 9.29. The van der Waals surface area contributed by atoms with Crippen LogP contribution in [0, 0.1) is 10.8 Å². The average Bonchev–Trinajstić information content (AvgIpc) is 3.69. The Hall–Kier alpha value is -4.88. The summed E-state index contributed by atoms with van der Waals surface area (Å²) in [4.78, 5) is 0. The molecule has 0 aromatic heterocycles. The first kappa shape index (κ1) is 45.3. The van der Waals surface area contributed by atoms with Gasteiger partial charge in [0, 0.05) is 24.2 Å². The first-order valence-electron chi connectivity index (χ1n) is 24.1. The van der Waals surface area contributed by atoms with E-state index in [1.165, 1.54) is 44.5 Å². The standard InChI is InChI=1S/C53H70N4O8/c1-62-48-23-32-9-19-54-40(36(32)27-44(48)58)5-13-52(14-6-41-37-28-45(59)49(63-2)24-33(37)10-20-55-41)17-18-53(31-52,15-7-42-38-29-46(60)50(64-3)25-34(38)11-21-56-42)16-8-43-39-30-47(61)51(65-4)26-35(39)12-22-57-43/h23-30,40-43,54-61H,5-22,31H2,1-4H3. The Bertz CT molecular complexity index is 2040. The number of ether oxygens (including phenoxy) is 4. The minimum absolute atomic E-state index is 0.0503. The molecule has 0 bridgehead atoms. The van der Waals surface area contributed by atoms with Crippen molar-refractivity contribution in [1.29, 1.82) is 0 Å². The fourth-order valence-corrected chi connectivity index (χ4v) is 12.7. The molecule has 8 N–H and O–H groups in total. The number of rotatable bonds is 16. The van der Waals surface area contributed by atoms with Crippen LogP contribution in [0.2, 0.25) is 0 Å². The van der Waals surface area contributed by atoms with Crippen molar-refractivity contribution in [3.05, 3.63) is 93.0 Å². The minimum Gasteiger partial charge on any atom is -0.504 e. The van der Waals surface area contributed by atoms with Gasteiger partial charge >= 0.3 is 0 Å². The molecular weight excluding hydrogens is 821 g/mol. The molecule has 65 heavy (non-hydrogen) atoms. The van der Waals surface area contributed by atoms with E-state index in [1.807, 2.05) is 48.5 Å². The molecule has 0 amide bonds. The van der Waals surface area contributed by atoms with Gasteiger partial charge in [-0.2, -0.15) is 0 Å². The summed E-state index contributed by atoms with van der Waals surface area (Å²) in [5.74, 6) is 2.85. The molecule has 12 nitrogen and oxygen atoms in total. The van der Waals surface area contributed by atoms with Gasteiger partial charge in [-0.1, -0.05) is 0 Å². The van der Waals surface area contributed by atoms with Gasteiger partial charge in [0.2, 0.25) is 0 Å². The molecule has 0 radical (unpaired) electrons. The zero-order valence-corrected chi connectivity index (χ0v) is 38.8. The van der Waals surface area contributed by atoms with Gasteiger partial charge < -0.3 is 60.6 Å². The number of hydrogen-bond acceptors (Lipinski definition) is 12. The van der Waals surface area contributed by atoms with Crippen molar-refractivity contribution in [2.75, 3.05) is 54.6 Å². The van der Waals surface area contributed by atoms with Crippen molar-refractivity contribution < 1.29 is 39.4 Å². The summed E-state index contributed by atoms with van der Waals surface area (Å²) in [6.07, 6.45) is 14.9. The topological polar surface area (TPSA) is 166 Å². The van der Waals surface area contributed by atoms with Crippen molar-refractivity contribution in [3.63, 3.8) is 0 Å². The lowest BCUT2D eigenvalue weighted by Gasteiger charge is -2.40. The highest BCUT2D eigenvalue weighted by Crippen LogP contribution is 2.60. The van der Waals surface area contributed by atoms with E-state index in [0.717, 1.165) is 122 Å². The first-order valence-corrected chi connectivity index (χ1v) is 24.1. The number of aromatic hydroxyl groups is 4. The monoisotopic (exact) mass is 891 g/mol. The highest BCUT2D eigenvalue weighted by Gasteiger charge is 2.48. The molecule has 350 valence electrons. The van der Waals surface area contributed by atoms with E-state index in [9.17, 15) is 20.4 Å². The van der Waals surface area contributed by atoms with E-state index in [0.29, 0.717) is 23.0 Å². The number of benzene rings is 4. The number of nitrogens with one attached hydrogen (secondary N) is 4. The van der Waals surface area contributed by atoms with Gasteiger partial charge in [0.25, 0.3) is 0 Å². The van der Waals surface area contributed by atoms with Crippen LogP contribution in [0.5, 0.6) is 46.0 Å². The van der Waals surface area contributed by atoms with Crippen LogP contribution in [0.1, 0.15) is 139 Å². The van der Waals surface area contributed by atoms with Gasteiger partial charge in [0.05, 0.1) is 28.4 Å². The maximum Gasteiger partial charge on any atom is 0.160 e. The normalized spacial score (nSPS) is 25.8. The molecule has 1 fully saturated rings. The van der Waals surface area contributed by atoms with Gasteiger partial charge in [-0.05, 0) is 226 Å². The van der Waals surface area contributed by atoms with Crippen LogP contribution in [0.25, 0.3) is 0 Å². The number of phenols is 4. The van der Waals surface area contributed by atoms with Crippen LogP contribution >= 0.6 is 0 Å². The fraction of sp³-hybridized carbons (Fsp3) is 0.547. The van der Waals surface area contributed by atoms with Crippen LogP contribution in [-0.2, 0) is 25.7 Å². The molecule has 0 saturated heterocycles. The van der Waals surface area contributed by atoms with E-state index in [2.05, 4.69) is 21.3 Å². The number of fused-ring (bicyclic) bond motifs is 4. The van der Waals surface area contributed by atoms with Crippen molar-refractivity contribution in [3.8, 4) is 46.0 Å².